The average Bonchev–Trinajstić information content (AvgIpc) is 3.57. The highest BCUT2D eigenvalue weighted by molar-refractivity contribution is 5.97. The van der Waals surface area contributed by atoms with Crippen LogP contribution in [0.5, 0.6) is 0 Å². The molecule has 0 atom stereocenters. The number of benzene rings is 2. The normalized spacial score (nSPS) is 13.7. The molecule has 0 saturated carbocycles. The van der Waals surface area contributed by atoms with E-state index in [1.807, 2.05) is 26.2 Å². The molecule has 0 bridgehead atoms. The van der Waals surface area contributed by atoms with Crippen molar-refractivity contribution < 1.29 is 0 Å². The van der Waals surface area contributed by atoms with Crippen LogP contribution in [-0.2, 0) is 6.54 Å². The first-order chi connectivity index (χ1) is 17.8. The topological polar surface area (TPSA) is 85.5 Å². The fourth-order valence-corrected chi connectivity index (χ4v) is 4.90. The summed E-state index contributed by atoms with van der Waals surface area (Å²) in [4.78, 5) is 15.5. The van der Waals surface area contributed by atoms with Crippen LogP contribution in [0.1, 0.15) is 45.6 Å². The van der Waals surface area contributed by atoms with Gasteiger partial charge in [-0.1, -0.05) is 32.9 Å². The van der Waals surface area contributed by atoms with Gasteiger partial charge in [0.15, 0.2) is 5.82 Å². The molecule has 7 nitrogen and oxygen atoms in total. The molecule has 1 aliphatic heterocycles. The van der Waals surface area contributed by atoms with Crippen molar-refractivity contribution >= 4 is 27.6 Å². The fourth-order valence-electron chi connectivity index (χ4n) is 4.90. The standard InChI is InChI=1S/C27H29N7.C2H6/c1-2-28-15-18-13-20(17-29-16-18)19-9-10-22-21(14-19)25(33-32-22)27-30-23-7-6-8-24(26(23)31-27)34-11-4-3-5-12-34;1-2/h6-10,13-14,16-17,28H,2-5,11-12,15H2,1H3,(H,30,31)(H,32,33);1-2H3. The molecule has 6 rings (SSSR count). The Hall–Kier alpha value is -3.71. The van der Waals surface area contributed by atoms with Gasteiger partial charge in [0, 0.05) is 43.0 Å². The largest absolute Gasteiger partial charge is 0.370 e. The zero-order chi connectivity index (χ0) is 24.9. The van der Waals surface area contributed by atoms with E-state index in [1.165, 1.54) is 30.5 Å². The minimum absolute atomic E-state index is 0.793. The Morgan fingerprint density at radius 2 is 1.81 bits per heavy atom. The first kappa shape index (κ1) is 24.0. The Bertz CT molecular complexity index is 1440. The molecule has 3 aromatic heterocycles. The van der Waals surface area contributed by atoms with Crippen LogP contribution in [0.15, 0.2) is 54.9 Å². The molecule has 0 spiro atoms. The quantitative estimate of drug-likeness (QED) is 0.265. The monoisotopic (exact) mass is 481 g/mol. The summed E-state index contributed by atoms with van der Waals surface area (Å²) in [7, 11) is 0. The first-order valence-corrected chi connectivity index (χ1v) is 13.2. The van der Waals surface area contributed by atoms with Gasteiger partial charge in [-0.15, -0.1) is 0 Å². The van der Waals surface area contributed by atoms with Gasteiger partial charge in [0.1, 0.15) is 11.2 Å². The maximum absolute atomic E-state index is 5.03. The van der Waals surface area contributed by atoms with Gasteiger partial charge >= 0.3 is 0 Å². The summed E-state index contributed by atoms with van der Waals surface area (Å²) in [6, 6.07) is 15.0. The first-order valence-electron chi connectivity index (χ1n) is 13.2. The summed E-state index contributed by atoms with van der Waals surface area (Å²) < 4.78 is 0. The summed E-state index contributed by atoms with van der Waals surface area (Å²) >= 11 is 0. The Morgan fingerprint density at radius 1 is 0.944 bits per heavy atom. The molecule has 7 heteroatoms. The van der Waals surface area contributed by atoms with Gasteiger partial charge in [0.05, 0.1) is 16.7 Å². The number of imidazole rings is 1. The van der Waals surface area contributed by atoms with E-state index in [2.05, 4.69) is 79.8 Å². The van der Waals surface area contributed by atoms with Gasteiger partial charge in [-0.2, -0.15) is 5.10 Å². The van der Waals surface area contributed by atoms with E-state index in [9.17, 15) is 0 Å². The molecular formula is C29H35N7. The highest BCUT2D eigenvalue weighted by atomic mass is 15.2. The van der Waals surface area contributed by atoms with Crippen LogP contribution in [0.25, 0.3) is 44.6 Å². The van der Waals surface area contributed by atoms with Crippen LogP contribution in [0, 0.1) is 0 Å². The Labute approximate surface area is 212 Å². The molecule has 4 heterocycles. The van der Waals surface area contributed by atoms with Crippen LogP contribution < -0.4 is 10.2 Å². The molecular weight excluding hydrogens is 446 g/mol. The number of nitrogens with zero attached hydrogens (tertiary/aromatic N) is 4. The summed E-state index contributed by atoms with van der Waals surface area (Å²) in [5.41, 5.74) is 8.50. The lowest BCUT2D eigenvalue weighted by Gasteiger charge is -2.28. The maximum Gasteiger partial charge on any atom is 0.159 e. The number of pyridine rings is 1. The van der Waals surface area contributed by atoms with Crippen LogP contribution in [0.2, 0.25) is 0 Å². The van der Waals surface area contributed by atoms with Crippen LogP contribution in [-0.4, -0.2) is 44.8 Å². The van der Waals surface area contributed by atoms with E-state index in [-0.39, 0.29) is 0 Å². The lowest BCUT2D eigenvalue weighted by Crippen LogP contribution is -2.29. The number of anilines is 1. The van der Waals surface area contributed by atoms with Gasteiger partial charge in [-0.3, -0.25) is 10.1 Å². The number of nitrogens with one attached hydrogen (secondary N) is 3. The van der Waals surface area contributed by atoms with Crippen LogP contribution in [0.4, 0.5) is 5.69 Å². The molecule has 2 aromatic carbocycles. The summed E-state index contributed by atoms with van der Waals surface area (Å²) in [5, 5.41) is 12.2. The van der Waals surface area contributed by atoms with Gasteiger partial charge in [0.2, 0.25) is 0 Å². The Kier molecular flexibility index (Phi) is 7.28. The average molecular weight is 482 g/mol. The highest BCUT2D eigenvalue weighted by Gasteiger charge is 2.18. The fraction of sp³-hybridized carbons (Fsp3) is 0.345. The number of rotatable bonds is 6. The third-order valence-corrected chi connectivity index (χ3v) is 6.68. The molecule has 3 N–H and O–H groups in total. The number of hydrogen-bond acceptors (Lipinski definition) is 5. The van der Waals surface area contributed by atoms with E-state index >= 15 is 0 Å². The molecule has 5 aromatic rings. The van der Waals surface area contributed by atoms with E-state index in [0.717, 1.165) is 70.8 Å². The lowest BCUT2D eigenvalue weighted by molar-refractivity contribution is 0.579. The van der Waals surface area contributed by atoms with Gasteiger partial charge in [-0.05, 0) is 67.3 Å². The van der Waals surface area contributed by atoms with Crippen LogP contribution >= 0.6 is 0 Å². The van der Waals surface area contributed by atoms with Crippen molar-refractivity contribution in [3.05, 3.63) is 60.4 Å². The molecule has 36 heavy (non-hydrogen) atoms. The number of hydrogen-bond donors (Lipinski definition) is 3. The van der Waals surface area contributed by atoms with Crippen molar-refractivity contribution in [1.82, 2.24) is 30.5 Å². The Morgan fingerprint density at radius 3 is 2.64 bits per heavy atom. The van der Waals surface area contributed by atoms with Gasteiger partial charge in [0.25, 0.3) is 0 Å². The smallest absolute Gasteiger partial charge is 0.159 e. The summed E-state index contributed by atoms with van der Waals surface area (Å²) in [6.45, 7) is 10.0. The van der Waals surface area contributed by atoms with E-state index < -0.39 is 0 Å². The SMILES string of the molecule is CC.CCNCc1cncc(-c2ccc3[nH]nc(-c4nc5c(N6CCCCC6)cccc5[nH]4)c3c2)c1. The third kappa shape index (κ3) is 4.71. The third-order valence-electron chi connectivity index (χ3n) is 6.68. The number of H-pyrrole nitrogens is 2. The van der Waals surface area contributed by atoms with Gasteiger partial charge < -0.3 is 15.2 Å². The summed E-state index contributed by atoms with van der Waals surface area (Å²) in [5.74, 6) is 0.793. The number of aromatic amines is 2. The molecule has 0 radical (unpaired) electrons. The number of piperidine rings is 1. The van der Waals surface area contributed by atoms with Crippen molar-refractivity contribution in [2.75, 3.05) is 24.5 Å². The minimum Gasteiger partial charge on any atom is -0.370 e. The van der Waals surface area contributed by atoms with Crippen molar-refractivity contribution in [1.29, 1.82) is 0 Å². The molecule has 186 valence electrons. The second-order valence-corrected chi connectivity index (χ2v) is 9.00. The van der Waals surface area contributed by atoms with Crippen molar-refractivity contribution in [2.24, 2.45) is 0 Å². The maximum atomic E-state index is 5.03. The minimum atomic E-state index is 0.793. The van der Waals surface area contributed by atoms with E-state index in [0.29, 0.717) is 0 Å². The van der Waals surface area contributed by atoms with Crippen molar-refractivity contribution in [3.8, 4) is 22.6 Å². The second kappa shape index (κ2) is 10.9. The summed E-state index contributed by atoms with van der Waals surface area (Å²) in [6.07, 6.45) is 7.63. The molecule has 1 aliphatic rings. The van der Waals surface area contributed by atoms with Crippen LogP contribution in [0.3, 0.4) is 0 Å². The highest BCUT2D eigenvalue weighted by Crippen LogP contribution is 2.33. The zero-order valence-corrected chi connectivity index (χ0v) is 21.4. The van der Waals surface area contributed by atoms with E-state index in [4.69, 9.17) is 4.98 Å². The Balaban J connectivity index is 0.00000130. The van der Waals surface area contributed by atoms with Crippen molar-refractivity contribution in [2.45, 2.75) is 46.6 Å². The number of aromatic nitrogens is 5. The molecule has 0 aliphatic carbocycles. The van der Waals surface area contributed by atoms with Crippen molar-refractivity contribution in [3.63, 3.8) is 0 Å². The lowest BCUT2D eigenvalue weighted by atomic mass is 10.0. The molecule has 1 fully saturated rings. The number of fused-ring (bicyclic) bond motifs is 2. The predicted molar refractivity (Wildman–Crippen MR) is 149 cm³/mol. The molecule has 0 amide bonds. The molecule has 0 unspecified atom stereocenters. The zero-order valence-electron chi connectivity index (χ0n) is 21.4. The van der Waals surface area contributed by atoms with E-state index in [1.54, 1.807) is 0 Å². The number of para-hydroxylation sites is 1. The predicted octanol–water partition coefficient (Wildman–Crippen LogP) is 6.29. The van der Waals surface area contributed by atoms with Gasteiger partial charge in [-0.25, -0.2) is 4.98 Å². The second-order valence-electron chi connectivity index (χ2n) is 9.00. The molecule has 1 saturated heterocycles.